The lowest BCUT2D eigenvalue weighted by atomic mass is 10.4. The number of aliphatic hydroxyl groups is 1. The number of carbonyl (C=O) groups is 1. The van der Waals surface area contributed by atoms with Gasteiger partial charge in [-0.3, -0.25) is 0 Å². The fraction of sp³-hybridized carbons (Fsp3) is 0.750. The molecule has 0 spiro atoms. The van der Waals surface area contributed by atoms with Crippen molar-refractivity contribution in [2.75, 3.05) is 6.56 Å². The summed E-state index contributed by atoms with van der Waals surface area (Å²) in [5.74, 6) is 0. The largest absolute Gasteiger partial charge is 0.465 e. The molecule has 1 unspecified atom stereocenters. The normalized spacial score (nSPS) is 31.1. The molecule has 1 atom stereocenters. The monoisotopic (exact) mass is 125 g/mol. The summed E-state index contributed by atoms with van der Waals surface area (Å²) in [6, 6.07) is -3.31. The Labute approximate surface area is 55.6 Å². The lowest BCUT2D eigenvalue weighted by Crippen LogP contribution is -2.33. The molecule has 8 heavy (non-hydrogen) atoms. The molecule has 0 bridgehead atoms. The van der Waals surface area contributed by atoms with Crippen LogP contribution in [0.4, 0.5) is 4.79 Å². The minimum Gasteiger partial charge on any atom is -0.465 e. The zero-order valence-corrected chi connectivity index (χ0v) is 3.80. The summed E-state index contributed by atoms with van der Waals surface area (Å²) < 4.78 is 40.7. The number of carboxylic acid groups (broad SMARTS) is 1. The van der Waals surface area contributed by atoms with Crippen molar-refractivity contribution in [1.29, 1.82) is 0 Å². The van der Waals surface area contributed by atoms with E-state index >= 15 is 0 Å². The number of rotatable bonds is 2. The molecule has 48 valence electrons. The molecular weight excluding hydrogens is 110 g/mol. The van der Waals surface area contributed by atoms with Crippen molar-refractivity contribution >= 4 is 6.09 Å². The maximum atomic E-state index is 10.1. The molecule has 1 amide bonds. The van der Waals surface area contributed by atoms with Crippen molar-refractivity contribution in [2.45, 2.75) is 12.9 Å². The zero-order chi connectivity index (χ0) is 11.8. The van der Waals surface area contributed by atoms with Crippen molar-refractivity contribution in [3.05, 3.63) is 0 Å². The van der Waals surface area contributed by atoms with Gasteiger partial charge >= 0.3 is 6.09 Å². The molecule has 0 aliphatic heterocycles. The first kappa shape index (κ1) is 1.88. The molecule has 0 rings (SSSR count). The second-order valence-corrected chi connectivity index (χ2v) is 0.917. The van der Waals surface area contributed by atoms with Crippen LogP contribution in [-0.4, -0.2) is 28.9 Å². The highest BCUT2D eigenvalue weighted by Crippen LogP contribution is 1.75. The summed E-state index contributed by atoms with van der Waals surface area (Å²) in [6.07, 6.45) is -1.91. The maximum absolute atomic E-state index is 10.1. The molecule has 0 aromatic carbocycles. The van der Waals surface area contributed by atoms with Gasteiger partial charge in [-0.1, -0.05) is 0 Å². The van der Waals surface area contributed by atoms with Crippen molar-refractivity contribution in [3.8, 4) is 0 Å². The van der Waals surface area contributed by atoms with Crippen molar-refractivity contribution in [1.82, 2.24) is 5.32 Å². The molecule has 0 fully saturated rings. The Morgan fingerprint density at radius 2 is 3.00 bits per heavy atom. The number of amides is 1. The standard InChI is InChI=1S/C4H9NO3/c1-3(2-6)5-4(7)8/h3,5-6H,2H2,1H3,(H,7,8)/i1D3,2D2,3D. The summed E-state index contributed by atoms with van der Waals surface area (Å²) in [4.78, 5) is 10.1. The maximum Gasteiger partial charge on any atom is 0.404 e. The smallest absolute Gasteiger partial charge is 0.404 e. The van der Waals surface area contributed by atoms with Crippen molar-refractivity contribution in [2.24, 2.45) is 0 Å². The van der Waals surface area contributed by atoms with E-state index in [1.807, 2.05) is 0 Å². The van der Waals surface area contributed by atoms with Crippen molar-refractivity contribution in [3.63, 3.8) is 0 Å². The molecule has 0 saturated carbocycles. The zero-order valence-electron chi connectivity index (χ0n) is 9.80. The van der Waals surface area contributed by atoms with Gasteiger partial charge in [0.1, 0.15) is 0 Å². The van der Waals surface area contributed by atoms with Crippen LogP contribution < -0.4 is 5.32 Å². The molecular formula is C4H9NO3. The Morgan fingerprint density at radius 1 is 2.38 bits per heavy atom. The Morgan fingerprint density at radius 3 is 3.12 bits per heavy atom. The summed E-state index contributed by atoms with van der Waals surface area (Å²) >= 11 is 0. The van der Waals surface area contributed by atoms with E-state index < -0.39 is 25.5 Å². The second-order valence-electron chi connectivity index (χ2n) is 0.917. The Hall–Kier alpha value is -0.770. The van der Waals surface area contributed by atoms with E-state index in [1.54, 1.807) is 0 Å². The second kappa shape index (κ2) is 3.26. The third-order valence-electron chi connectivity index (χ3n) is 0.344. The minimum absolute atomic E-state index is 1.13. The van der Waals surface area contributed by atoms with Gasteiger partial charge in [0.05, 0.1) is 16.7 Å². The van der Waals surface area contributed by atoms with Crippen molar-refractivity contribution < 1.29 is 23.2 Å². The first-order valence-corrected chi connectivity index (χ1v) is 1.65. The van der Waals surface area contributed by atoms with E-state index in [-0.39, 0.29) is 0 Å². The van der Waals surface area contributed by atoms with Gasteiger partial charge in [-0.25, -0.2) is 4.79 Å². The van der Waals surface area contributed by atoms with Gasteiger partial charge in [-0.05, 0) is 6.85 Å². The summed E-state index contributed by atoms with van der Waals surface area (Å²) in [6.45, 7) is -6.85. The topological polar surface area (TPSA) is 69.6 Å². The first-order chi connectivity index (χ1) is 5.92. The van der Waals surface area contributed by atoms with Gasteiger partial charge in [-0.15, -0.1) is 0 Å². The van der Waals surface area contributed by atoms with E-state index in [9.17, 15) is 4.79 Å². The van der Waals surface area contributed by atoms with Crippen LogP contribution in [0.5, 0.6) is 0 Å². The minimum atomic E-state index is -3.52. The van der Waals surface area contributed by atoms with E-state index in [2.05, 4.69) is 0 Å². The SMILES string of the molecule is [2H]C([2H])([2H])C([2H])(NC(=O)O)C([2H])([2H])O. The highest BCUT2D eigenvalue weighted by Gasteiger charge is 2.00. The molecule has 0 aliphatic rings. The fourth-order valence-corrected chi connectivity index (χ4v) is 0.135. The van der Waals surface area contributed by atoms with Crippen LogP contribution in [0.1, 0.15) is 15.1 Å². The van der Waals surface area contributed by atoms with Crippen LogP contribution in [0.15, 0.2) is 0 Å². The lowest BCUT2D eigenvalue weighted by Gasteiger charge is -2.04. The van der Waals surface area contributed by atoms with Gasteiger partial charge in [0, 0.05) is 4.11 Å². The number of hydrogen-bond acceptors (Lipinski definition) is 2. The van der Waals surface area contributed by atoms with Crippen LogP contribution in [0.25, 0.3) is 0 Å². The van der Waals surface area contributed by atoms with E-state index in [0.29, 0.717) is 0 Å². The van der Waals surface area contributed by atoms with E-state index in [4.69, 9.17) is 18.4 Å². The summed E-state index contributed by atoms with van der Waals surface area (Å²) in [5, 5.41) is 18.1. The lowest BCUT2D eigenvalue weighted by molar-refractivity contribution is 0.180. The average Bonchev–Trinajstić information content (AvgIpc) is 1.79. The van der Waals surface area contributed by atoms with Crippen LogP contribution in [-0.2, 0) is 0 Å². The average molecular weight is 125 g/mol. The highest BCUT2D eigenvalue weighted by atomic mass is 16.4. The molecule has 0 radical (unpaired) electrons. The Bertz CT molecular complexity index is 218. The predicted molar refractivity (Wildman–Crippen MR) is 27.7 cm³/mol. The molecule has 0 saturated heterocycles. The molecule has 4 heteroatoms. The molecule has 0 aromatic rings. The quantitative estimate of drug-likeness (QED) is 0.472. The third kappa shape index (κ3) is 3.42. The van der Waals surface area contributed by atoms with E-state index in [0.717, 1.165) is 5.32 Å². The predicted octanol–water partition coefficient (Wildman–Crippen LogP) is -0.365. The van der Waals surface area contributed by atoms with Gasteiger partial charge in [0.2, 0.25) is 0 Å². The Balaban J connectivity index is 5.18. The molecule has 4 nitrogen and oxygen atoms in total. The highest BCUT2D eigenvalue weighted by molar-refractivity contribution is 5.64. The van der Waals surface area contributed by atoms with Gasteiger partial charge in [0.25, 0.3) is 0 Å². The molecule has 3 N–H and O–H groups in total. The third-order valence-corrected chi connectivity index (χ3v) is 0.344. The van der Waals surface area contributed by atoms with Crippen LogP contribution in [0, 0.1) is 0 Å². The first-order valence-electron chi connectivity index (χ1n) is 4.65. The van der Waals surface area contributed by atoms with Crippen LogP contribution in [0.2, 0.25) is 0 Å². The Kier molecular flexibility index (Phi) is 0.765. The van der Waals surface area contributed by atoms with Gasteiger partial charge < -0.3 is 15.5 Å². The number of hydrogen-bond donors (Lipinski definition) is 3. The molecule has 0 aliphatic carbocycles. The molecule has 0 aromatic heterocycles. The van der Waals surface area contributed by atoms with Gasteiger partial charge in [0.15, 0.2) is 0 Å². The number of nitrogens with one attached hydrogen (secondary N) is 1. The fourth-order valence-electron chi connectivity index (χ4n) is 0.135. The van der Waals surface area contributed by atoms with E-state index in [1.165, 1.54) is 0 Å². The molecule has 0 heterocycles. The van der Waals surface area contributed by atoms with Crippen LogP contribution >= 0.6 is 0 Å². The van der Waals surface area contributed by atoms with Crippen LogP contribution in [0.3, 0.4) is 0 Å². The van der Waals surface area contributed by atoms with Gasteiger partial charge in [-0.2, -0.15) is 0 Å². The summed E-state index contributed by atoms with van der Waals surface area (Å²) in [7, 11) is 0. The summed E-state index contributed by atoms with van der Waals surface area (Å²) in [5.41, 5.74) is 0.